The topological polar surface area (TPSA) is 65.2 Å². The number of carbonyl (C=O) groups excluding carboxylic acids is 1. The largest absolute Gasteiger partial charge is 0.337 e. The molecule has 2 aliphatic rings. The number of urea groups is 1. The molecule has 5 nitrogen and oxygen atoms in total. The highest BCUT2D eigenvalue weighted by Crippen LogP contribution is 2.04. The highest BCUT2D eigenvalue weighted by molar-refractivity contribution is 5.74. The Morgan fingerprint density at radius 2 is 2.12 bits per heavy atom. The average Bonchev–Trinajstić information content (AvgIpc) is 2.72. The van der Waals surface area contributed by atoms with E-state index in [1.165, 1.54) is 25.7 Å². The number of hydrogen-bond donors (Lipinski definition) is 4. The van der Waals surface area contributed by atoms with Crippen molar-refractivity contribution in [3.05, 3.63) is 0 Å². The van der Waals surface area contributed by atoms with Crippen molar-refractivity contribution < 1.29 is 4.79 Å². The molecule has 0 spiro atoms. The molecule has 2 unspecified atom stereocenters. The average molecular weight is 240 g/mol. The first-order valence-corrected chi connectivity index (χ1v) is 6.83. The molecule has 5 heteroatoms. The van der Waals surface area contributed by atoms with Crippen molar-refractivity contribution >= 4 is 6.03 Å². The Balaban J connectivity index is 1.61. The highest BCUT2D eigenvalue weighted by atomic mass is 16.2. The summed E-state index contributed by atoms with van der Waals surface area (Å²) >= 11 is 0. The van der Waals surface area contributed by atoms with Crippen LogP contribution in [-0.2, 0) is 0 Å². The predicted molar refractivity (Wildman–Crippen MR) is 68.1 cm³/mol. The lowest BCUT2D eigenvalue weighted by molar-refractivity contribution is 0.235. The van der Waals surface area contributed by atoms with E-state index < -0.39 is 0 Å². The third-order valence-corrected chi connectivity index (χ3v) is 3.55. The fraction of sp³-hybridized carbons (Fsp3) is 0.917. The minimum absolute atomic E-state index is 0.0209. The Morgan fingerprint density at radius 3 is 2.94 bits per heavy atom. The second-order valence-electron chi connectivity index (χ2n) is 5.04. The van der Waals surface area contributed by atoms with E-state index >= 15 is 0 Å². The molecule has 17 heavy (non-hydrogen) atoms. The van der Waals surface area contributed by atoms with Gasteiger partial charge in [-0.3, -0.25) is 0 Å². The molecule has 2 fully saturated rings. The van der Waals surface area contributed by atoms with Crippen molar-refractivity contribution in [3.63, 3.8) is 0 Å². The molecule has 2 rings (SSSR count). The molecule has 0 saturated carbocycles. The Labute approximate surface area is 103 Å². The lowest BCUT2D eigenvalue weighted by Gasteiger charge is -2.18. The quantitative estimate of drug-likeness (QED) is 0.569. The van der Waals surface area contributed by atoms with Crippen molar-refractivity contribution in [3.8, 4) is 0 Å². The lowest BCUT2D eigenvalue weighted by Crippen LogP contribution is -2.48. The van der Waals surface area contributed by atoms with Crippen molar-refractivity contribution in [2.45, 2.75) is 44.2 Å². The van der Waals surface area contributed by atoms with Gasteiger partial charge in [-0.2, -0.15) is 0 Å². The summed E-state index contributed by atoms with van der Waals surface area (Å²) < 4.78 is 0. The third kappa shape index (κ3) is 4.52. The van der Waals surface area contributed by atoms with E-state index in [1.54, 1.807) is 0 Å². The summed E-state index contributed by atoms with van der Waals surface area (Å²) in [6.45, 7) is 3.80. The number of hydrogen-bond acceptors (Lipinski definition) is 3. The lowest BCUT2D eigenvalue weighted by atomic mass is 10.1. The summed E-state index contributed by atoms with van der Waals surface area (Å²) in [7, 11) is 0. The van der Waals surface area contributed by atoms with Gasteiger partial charge in [0, 0.05) is 25.2 Å². The third-order valence-electron chi connectivity index (χ3n) is 3.55. The van der Waals surface area contributed by atoms with Gasteiger partial charge in [0.2, 0.25) is 0 Å². The second kappa shape index (κ2) is 6.81. The summed E-state index contributed by atoms with van der Waals surface area (Å²) in [4.78, 5) is 11.7. The zero-order chi connectivity index (χ0) is 11.9. The number of carbonyl (C=O) groups is 1. The normalized spacial score (nSPS) is 29.6. The Bertz CT molecular complexity index is 233. The van der Waals surface area contributed by atoms with Crippen LogP contribution in [0.5, 0.6) is 0 Å². The fourth-order valence-electron chi connectivity index (χ4n) is 2.53. The Kier molecular flexibility index (Phi) is 5.07. The van der Waals surface area contributed by atoms with E-state index in [9.17, 15) is 4.79 Å². The van der Waals surface area contributed by atoms with Crippen LogP contribution < -0.4 is 21.3 Å². The Hall–Kier alpha value is -0.810. The molecule has 0 radical (unpaired) electrons. The smallest absolute Gasteiger partial charge is 0.315 e. The van der Waals surface area contributed by atoms with Crippen LogP contribution in [0.4, 0.5) is 4.79 Å². The molecular formula is C12H24N4O. The van der Waals surface area contributed by atoms with E-state index in [4.69, 9.17) is 0 Å². The molecule has 2 amide bonds. The van der Waals surface area contributed by atoms with Crippen molar-refractivity contribution in [1.29, 1.82) is 0 Å². The molecule has 2 aliphatic heterocycles. The summed E-state index contributed by atoms with van der Waals surface area (Å²) in [6.07, 6.45) is 5.89. The first-order valence-electron chi connectivity index (χ1n) is 6.83. The predicted octanol–water partition coefficient (Wildman–Crippen LogP) is 0.180. The maximum atomic E-state index is 11.7. The van der Waals surface area contributed by atoms with Crippen LogP contribution in [0.3, 0.4) is 0 Å². The van der Waals surface area contributed by atoms with Crippen molar-refractivity contribution in [2.24, 2.45) is 0 Å². The molecule has 2 atom stereocenters. The van der Waals surface area contributed by atoms with E-state index in [-0.39, 0.29) is 12.1 Å². The van der Waals surface area contributed by atoms with Gasteiger partial charge in [-0.15, -0.1) is 0 Å². The van der Waals surface area contributed by atoms with Gasteiger partial charge in [-0.25, -0.2) is 4.79 Å². The maximum Gasteiger partial charge on any atom is 0.315 e. The summed E-state index contributed by atoms with van der Waals surface area (Å²) in [5, 5.41) is 12.7. The van der Waals surface area contributed by atoms with Gasteiger partial charge in [0.25, 0.3) is 0 Å². The second-order valence-corrected chi connectivity index (χ2v) is 5.04. The summed E-state index contributed by atoms with van der Waals surface area (Å²) in [6, 6.07) is 0.731. The van der Waals surface area contributed by atoms with Crippen molar-refractivity contribution in [2.75, 3.05) is 26.2 Å². The van der Waals surface area contributed by atoms with Crippen molar-refractivity contribution in [1.82, 2.24) is 21.3 Å². The minimum atomic E-state index is -0.0209. The van der Waals surface area contributed by atoms with Gasteiger partial charge >= 0.3 is 6.03 Å². The van der Waals surface area contributed by atoms with E-state index in [0.717, 1.165) is 32.6 Å². The van der Waals surface area contributed by atoms with Crippen LogP contribution in [0.2, 0.25) is 0 Å². The minimum Gasteiger partial charge on any atom is -0.337 e. The zero-order valence-electron chi connectivity index (χ0n) is 10.4. The van der Waals surface area contributed by atoms with Crippen LogP contribution in [0.1, 0.15) is 32.1 Å². The molecule has 0 aromatic carbocycles. The van der Waals surface area contributed by atoms with Crippen LogP contribution in [0, 0.1) is 0 Å². The number of rotatable bonds is 3. The fourth-order valence-corrected chi connectivity index (χ4v) is 2.53. The van der Waals surface area contributed by atoms with Gasteiger partial charge in [0.05, 0.1) is 0 Å². The van der Waals surface area contributed by atoms with E-state index in [1.807, 2.05) is 0 Å². The zero-order valence-corrected chi connectivity index (χ0v) is 10.4. The molecule has 0 bridgehead atoms. The molecule has 0 aliphatic carbocycles. The first-order chi connectivity index (χ1) is 8.34. The van der Waals surface area contributed by atoms with Crippen LogP contribution in [-0.4, -0.2) is 44.3 Å². The molecule has 2 saturated heterocycles. The standard InChI is InChI=1S/C12H24N4O/c17-12(15-9-10-5-3-7-14-10)16-11-4-1-2-6-13-8-11/h10-11,13-14H,1-9H2,(H2,15,16,17). The van der Waals surface area contributed by atoms with Gasteiger partial charge in [0.15, 0.2) is 0 Å². The van der Waals surface area contributed by atoms with Crippen LogP contribution in [0.25, 0.3) is 0 Å². The van der Waals surface area contributed by atoms with Gasteiger partial charge in [0.1, 0.15) is 0 Å². The Morgan fingerprint density at radius 1 is 1.18 bits per heavy atom. The molecule has 0 aromatic rings. The highest BCUT2D eigenvalue weighted by Gasteiger charge is 2.17. The molecule has 0 aromatic heterocycles. The summed E-state index contributed by atoms with van der Waals surface area (Å²) in [5.74, 6) is 0. The molecule has 2 heterocycles. The number of nitrogens with one attached hydrogen (secondary N) is 4. The van der Waals surface area contributed by atoms with Crippen LogP contribution in [0.15, 0.2) is 0 Å². The first kappa shape index (κ1) is 12.6. The molecular weight excluding hydrogens is 216 g/mol. The maximum absolute atomic E-state index is 11.7. The molecule has 98 valence electrons. The van der Waals surface area contributed by atoms with E-state index in [0.29, 0.717) is 6.04 Å². The molecule has 4 N–H and O–H groups in total. The van der Waals surface area contributed by atoms with Gasteiger partial charge in [-0.05, 0) is 38.8 Å². The van der Waals surface area contributed by atoms with Gasteiger partial charge in [-0.1, -0.05) is 6.42 Å². The number of amides is 2. The van der Waals surface area contributed by atoms with E-state index in [2.05, 4.69) is 21.3 Å². The summed E-state index contributed by atoms with van der Waals surface area (Å²) in [5.41, 5.74) is 0. The van der Waals surface area contributed by atoms with Gasteiger partial charge < -0.3 is 21.3 Å². The monoisotopic (exact) mass is 240 g/mol. The van der Waals surface area contributed by atoms with Crippen LogP contribution >= 0.6 is 0 Å². The SMILES string of the molecule is O=C(NCC1CCCN1)NC1CCCCNC1.